The standard InChI is InChI=1S/C48H69N3O13/c1-13-20-50(21-14-2)51(22-15-3)36(53)25-61-35-24-33-43(57)38-37(35)39-45(31(9)42(38)56)64-48(11,46(39)58)62-23-19-34(60-12)28(6)44(63-32(10)52)30(8)41(55)29(7)40(54)26(4)17-16-18-27(5)47(59)49-33/h16-19,23-24,26,28-30,34,40-41,44,54-57H,13-15,20-22,25H2,1-12H3,(H,49,59)/b17-16-,23-19-,27-18-. The van der Waals surface area contributed by atoms with Crippen LogP contribution >= 0.6 is 0 Å². The summed E-state index contributed by atoms with van der Waals surface area (Å²) in [5.74, 6) is -8.05. The molecule has 0 aliphatic carbocycles. The molecule has 0 radical (unpaired) electrons. The molecule has 0 aromatic heterocycles. The number of hydrogen-bond donors (Lipinski definition) is 5. The molecule has 5 rings (SSSR count). The maximum Gasteiger partial charge on any atom is 0.312 e. The van der Waals surface area contributed by atoms with Crippen molar-refractivity contribution in [3.05, 3.63) is 53.3 Å². The number of esters is 1. The lowest BCUT2D eigenvalue weighted by molar-refractivity contribution is -0.160. The van der Waals surface area contributed by atoms with Crippen LogP contribution in [0, 0.1) is 30.6 Å². The predicted molar refractivity (Wildman–Crippen MR) is 242 cm³/mol. The molecule has 0 saturated heterocycles. The molecule has 0 saturated carbocycles. The van der Waals surface area contributed by atoms with Gasteiger partial charge in [0.05, 0.1) is 41.2 Å². The van der Waals surface area contributed by atoms with Crippen molar-refractivity contribution in [2.45, 2.75) is 126 Å². The number of fused-ring (bicyclic) bond motifs is 14. The number of amides is 2. The molecule has 5 bridgehead atoms. The Morgan fingerprint density at radius 3 is 2.12 bits per heavy atom. The van der Waals surface area contributed by atoms with Crippen LogP contribution in [0.1, 0.15) is 104 Å². The van der Waals surface area contributed by atoms with Crippen molar-refractivity contribution in [2.24, 2.45) is 23.7 Å². The number of hydrazine groups is 1. The minimum atomic E-state index is -2.04. The first-order valence-corrected chi connectivity index (χ1v) is 22.2. The highest BCUT2D eigenvalue weighted by Crippen LogP contribution is 2.54. The van der Waals surface area contributed by atoms with E-state index in [1.807, 2.05) is 25.8 Å². The molecule has 2 aromatic carbocycles. The van der Waals surface area contributed by atoms with Gasteiger partial charge in [-0.3, -0.25) is 24.2 Å². The fraction of sp³-hybridized carbons (Fsp3) is 0.583. The van der Waals surface area contributed by atoms with Gasteiger partial charge in [0, 0.05) is 86.9 Å². The van der Waals surface area contributed by atoms with E-state index in [2.05, 4.69) is 5.32 Å². The third-order valence-corrected chi connectivity index (χ3v) is 12.2. The van der Waals surface area contributed by atoms with Crippen LogP contribution in [-0.2, 0) is 28.6 Å². The van der Waals surface area contributed by atoms with E-state index in [1.54, 1.807) is 44.9 Å². The van der Waals surface area contributed by atoms with Crippen LogP contribution < -0.4 is 14.8 Å². The number of rotatable bonds is 12. The van der Waals surface area contributed by atoms with Gasteiger partial charge >= 0.3 is 11.8 Å². The summed E-state index contributed by atoms with van der Waals surface area (Å²) in [4.78, 5) is 54.7. The van der Waals surface area contributed by atoms with Gasteiger partial charge in [-0.1, -0.05) is 66.7 Å². The van der Waals surface area contributed by atoms with Gasteiger partial charge in [-0.15, -0.1) is 0 Å². The summed E-state index contributed by atoms with van der Waals surface area (Å²) in [6.07, 6.45) is 5.90. The molecule has 9 atom stereocenters. The van der Waals surface area contributed by atoms with Crippen LogP contribution in [0.5, 0.6) is 23.0 Å². The Hall–Kier alpha value is -5.16. The number of aliphatic hydroxyl groups excluding tert-OH is 2. The van der Waals surface area contributed by atoms with Crippen molar-refractivity contribution in [2.75, 3.05) is 38.7 Å². The molecule has 354 valence electrons. The summed E-state index contributed by atoms with van der Waals surface area (Å²) in [5.41, 5.74) is -0.00517. The minimum absolute atomic E-state index is 0.0565. The molecular weight excluding hydrogens is 827 g/mol. The second kappa shape index (κ2) is 22.2. The molecule has 2 aromatic rings. The quantitative estimate of drug-likeness (QED) is 0.0852. The molecule has 3 aliphatic heterocycles. The average molecular weight is 896 g/mol. The zero-order valence-corrected chi connectivity index (χ0v) is 39.4. The van der Waals surface area contributed by atoms with Crippen LogP contribution in [0.15, 0.2) is 42.2 Å². The normalized spacial score (nSPS) is 28.5. The largest absolute Gasteiger partial charge is 0.507 e. The number of phenolic OH excluding ortho intramolecular Hbond substituents is 2. The summed E-state index contributed by atoms with van der Waals surface area (Å²) in [7, 11) is 1.44. The van der Waals surface area contributed by atoms with Gasteiger partial charge in [-0.2, -0.15) is 0 Å². The Bertz CT molecular complexity index is 2110. The number of aromatic hydroxyl groups is 2. The molecule has 5 N–H and O–H groups in total. The predicted octanol–water partition coefficient (Wildman–Crippen LogP) is 6.70. The molecule has 0 spiro atoms. The van der Waals surface area contributed by atoms with E-state index in [0.29, 0.717) is 26.1 Å². The van der Waals surface area contributed by atoms with E-state index in [9.17, 15) is 39.6 Å². The number of phenols is 2. The smallest absolute Gasteiger partial charge is 0.312 e. The van der Waals surface area contributed by atoms with Gasteiger partial charge in [0.25, 0.3) is 17.6 Å². The third-order valence-electron chi connectivity index (χ3n) is 12.2. The number of allylic oxidation sites excluding steroid dienone is 2. The van der Waals surface area contributed by atoms with Crippen LogP contribution in [0.4, 0.5) is 5.69 Å². The van der Waals surface area contributed by atoms with Crippen LogP contribution in [0.25, 0.3) is 10.8 Å². The first kappa shape index (κ1) is 51.5. The molecule has 2 amide bonds. The summed E-state index contributed by atoms with van der Waals surface area (Å²) in [5, 5.41) is 52.5. The van der Waals surface area contributed by atoms with E-state index in [1.165, 1.54) is 59.3 Å². The Morgan fingerprint density at radius 1 is 0.891 bits per heavy atom. The Labute approximate surface area is 376 Å². The van der Waals surface area contributed by atoms with Crippen molar-refractivity contribution >= 4 is 40.0 Å². The number of carbonyl (C=O) groups excluding carboxylic acids is 4. The van der Waals surface area contributed by atoms with Gasteiger partial charge in [-0.25, -0.2) is 5.01 Å². The maximum absolute atomic E-state index is 14.7. The second-order valence-corrected chi connectivity index (χ2v) is 17.2. The number of hydrogen-bond acceptors (Lipinski definition) is 14. The highest BCUT2D eigenvalue weighted by molar-refractivity contribution is 6.21. The topological polar surface area (TPSA) is 214 Å². The fourth-order valence-electron chi connectivity index (χ4n) is 8.47. The maximum atomic E-state index is 14.7. The van der Waals surface area contributed by atoms with Crippen molar-refractivity contribution in [1.29, 1.82) is 0 Å². The summed E-state index contributed by atoms with van der Waals surface area (Å²) < 4.78 is 30.1. The van der Waals surface area contributed by atoms with Crippen molar-refractivity contribution in [3.8, 4) is 23.0 Å². The molecule has 16 nitrogen and oxygen atoms in total. The van der Waals surface area contributed by atoms with Gasteiger partial charge in [0.1, 0.15) is 23.4 Å². The van der Waals surface area contributed by atoms with Crippen LogP contribution in [0.2, 0.25) is 0 Å². The van der Waals surface area contributed by atoms with E-state index in [-0.39, 0.29) is 50.6 Å². The monoisotopic (exact) mass is 895 g/mol. The number of anilines is 1. The zero-order valence-electron chi connectivity index (χ0n) is 39.4. The summed E-state index contributed by atoms with van der Waals surface area (Å²) >= 11 is 0. The van der Waals surface area contributed by atoms with Crippen molar-refractivity contribution in [1.82, 2.24) is 10.0 Å². The fourth-order valence-corrected chi connectivity index (χ4v) is 8.47. The number of Topliss-reactive ketones (excluding diaryl/α,β-unsaturated/α-hetero) is 1. The van der Waals surface area contributed by atoms with Crippen molar-refractivity contribution < 1.29 is 63.3 Å². The number of ether oxygens (including phenoxy) is 5. The summed E-state index contributed by atoms with van der Waals surface area (Å²) in [6.45, 7) is 19.8. The first-order valence-electron chi connectivity index (χ1n) is 22.2. The Morgan fingerprint density at radius 2 is 1.53 bits per heavy atom. The molecule has 9 unspecified atom stereocenters. The average Bonchev–Trinajstić information content (AvgIpc) is 3.52. The Kier molecular flexibility index (Phi) is 17.8. The van der Waals surface area contributed by atoms with Gasteiger partial charge in [0.2, 0.25) is 0 Å². The van der Waals surface area contributed by atoms with Crippen molar-refractivity contribution in [3.63, 3.8) is 0 Å². The van der Waals surface area contributed by atoms with E-state index >= 15 is 0 Å². The summed E-state index contributed by atoms with van der Waals surface area (Å²) in [6, 6.07) is 1.29. The molecule has 0 fully saturated rings. The number of methoxy groups -OCH3 is 1. The highest BCUT2D eigenvalue weighted by atomic mass is 16.7. The van der Waals surface area contributed by atoms with Crippen LogP contribution in [0.3, 0.4) is 0 Å². The third kappa shape index (κ3) is 11.0. The number of carbonyl (C=O) groups is 4. The molecular formula is C48H69N3O13. The van der Waals surface area contributed by atoms with E-state index in [4.69, 9.17) is 23.7 Å². The lowest BCUT2D eigenvalue weighted by Gasteiger charge is -2.38. The first-order chi connectivity index (χ1) is 30.2. The molecule has 3 aliphatic rings. The van der Waals surface area contributed by atoms with E-state index in [0.717, 1.165) is 12.8 Å². The number of nitrogens with zero attached hydrogens (tertiary/aromatic N) is 2. The molecule has 16 heteroatoms. The molecule has 64 heavy (non-hydrogen) atoms. The zero-order chi connectivity index (χ0) is 47.8. The highest BCUT2D eigenvalue weighted by Gasteiger charge is 2.50. The van der Waals surface area contributed by atoms with Crippen LogP contribution in [-0.4, -0.2) is 118 Å². The second-order valence-electron chi connectivity index (χ2n) is 17.2. The Balaban J connectivity index is 1.94. The SMILES string of the molecule is CCCN(CCC)N(CCC)C(=O)COc1cc2c(O)c3c(O)c(C)c4c(c13)C(=O)C(C)(O/C=C\C(OC)C(C)C(OC(C)=O)C(C)C(O)C(C)C(O)C(C)/C=C\C=C(\C)C(=O)N2)O4. The lowest BCUT2D eigenvalue weighted by atomic mass is 9.78. The van der Waals surface area contributed by atoms with Gasteiger partial charge in [0.15, 0.2) is 12.4 Å². The number of ketones is 1. The number of nitrogens with one attached hydrogen (secondary N) is 1. The van der Waals surface area contributed by atoms with Gasteiger partial charge in [-0.05, 0) is 39.2 Å². The minimum Gasteiger partial charge on any atom is -0.507 e. The number of aliphatic hydroxyl groups is 2. The van der Waals surface area contributed by atoms with E-state index < -0.39 is 89.6 Å². The van der Waals surface area contributed by atoms with Gasteiger partial charge < -0.3 is 49.4 Å². The lowest BCUT2D eigenvalue weighted by Crippen LogP contribution is -2.49. The molecule has 3 heterocycles. The number of benzene rings is 2.